The van der Waals surface area contributed by atoms with E-state index in [0.29, 0.717) is 5.92 Å². The van der Waals surface area contributed by atoms with Crippen LogP contribution in [0.15, 0.2) is 65.7 Å². The Morgan fingerprint density at radius 2 is 1.79 bits per heavy atom. The fraction of sp³-hybridized carbons (Fsp3) is 0.367. The molecule has 0 N–H and O–H groups in total. The van der Waals surface area contributed by atoms with Gasteiger partial charge < -0.3 is 14.4 Å². The SMILES string of the molecule is CCCN1c2cc(OC)c(C=Nc3ccc(Oc4ccccc4C)cc3)cc2C(C)CC1(C)C. The van der Waals surface area contributed by atoms with E-state index < -0.39 is 0 Å². The van der Waals surface area contributed by atoms with Crippen molar-refractivity contribution >= 4 is 17.6 Å². The third kappa shape index (κ3) is 4.96. The Bertz CT molecular complexity index is 1160. The van der Waals surface area contributed by atoms with Crippen molar-refractivity contribution in [2.24, 2.45) is 4.99 Å². The summed E-state index contributed by atoms with van der Waals surface area (Å²) in [5, 5.41) is 0. The zero-order valence-corrected chi connectivity index (χ0v) is 21.3. The molecule has 0 fully saturated rings. The maximum atomic E-state index is 6.01. The Labute approximate surface area is 204 Å². The zero-order chi connectivity index (χ0) is 24.3. The van der Waals surface area contributed by atoms with Gasteiger partial charge >= 0.3 is 0 Å². The third-order valence-electron chi connectivity index (χ3n) is 6.70. The number of rotatable bonds is 7. The summed E-state index contributed by atoms with van der Waals surface area (Å²) in [6.07, 6.45) is 4.16. The number of hydrogen-bond donors (Lipinski definition) is 0. The second-order valence-corrected chi connectivity index (χ2v) is 9.84. The van der Waals surface area contributed by atoms with Crippen LogP contribution in [0.25, 0.3) is 0 Å². The van der Waals surface area contributed by atoms with Gasteiger partial charge in [0.15, 0.2) is 0 Å². The van der Waals surface area contributed by atoms with Crippen LogP contribution in [-0.2, 0) is 0 Å². The van der Waals surface area contributed by atoms with Gasteiger partial charge in [-0.3, -0.25) is 4.99 Å². The maximum absolute atomic E-state index is 6.01. The van der Waals surface area contributed by atoms with Crippen molar-refractivity contribution in [3.8, 4) is 17.2 Å². The molecule has 0 aliphatic carbocycles. The molecule has 4 heteroatoms. The van der Waals surface area contributed by atoms with Crippen LogP contribution in [-0.4, -0.2) is 25.4 Å². The van der Waals surface area contributed by atoms with Crippen molar-refractivity contribution in [2.75, 3.05) is 18.6 Å². The van der Waals surface area contributed by atoms with Crippen molar-refractivity contribution in [2.45, 2.75) is 58.9 Å². The molecule has 0 saturated carbocycles. The number of methoxy groups -OCH3 is 1. The molecule has 1 aliphatic heterocycles. The van der Waals surface area contributed by atoms with E-state index in [1.54, 1.807) is 7.11 Å². The first-order valence-corrected chi connectivity index (χ1v) is 12.2. The Hall–Kier alpha value is -3.27. The van der Waals surface area contributed by atoms with Crippen LogP contribution in [0.5, 0.6) is 17.2 Å². The highest BCUT2D eigenvalue weighted by atomic mass is 16.5. The van der Waals surface area contributed by atoms with Gasteiger partial charge in [-0.2, -0.15) is 0 Å². The summed E-state index contributed by atoms with van der Waals surface area (Å²) in [5.41, 5.74) is 5.78. The molecule has 34 heavy (non-hydrogen) atoms. The number of aryl methyl sites for hydroxylation is 1. The summed E-state index contributed by atoms with van der Waals surface area (Å²) in [5.74, 6) is 3.00. The van der Waals surface area contributed by atoms with Gasteiger partial charge in [-0.25, -0.2) is 0 Å². The van der Waals surface area contributed by atoms with Crippen LogP contribution in [0.2, 0.25) is 0 Å². The molecule has 1 heterocycles. The van der Waals surface area contributed by atoms with E-state index >= 15 is 0 Å². The average Bonchev–Trinajstić information content (AvgIpc) is 2.82. The first-order chi connectivity index (χ1) is 16.3. The van der Waals surface area contributed by atoms with E-state index in [9.17, 15) is 0 Å². The molecular formula is C30H36N2O2. The third-order valence-corrected chi connectivity index (χ3v) is 6.70. The molecule has 0 amide bonds. The number of nitrogens with zero attached hydrogens (tertiary/aromatic N) is 2. The first-order valence-electron chi connectivity index (χ1n) is 12.2. The van der Waals surface area contributed by atoms with Gasteiger partial charge in [-0.1, -0.05) is 32.0 Å². The minimum absolute atomic E-state index is 0.130. The van der Waals surface area contributed by atoms with Crippen LogP contribution in [0.4, 0.5) is 11.4 Å². The number of anilines is 1. The quantitative estimate of drug-likeness (QED) is 0.337. The van der Waals surface area contributed by atoms with Crippen molar-refractivity contribution in [1.29, 1.82) is 0 Å². The second-order valence-electron chi connectivity index (χ2n) is 9.84. The molecule has 3 aromatic rings. The lowest BCUT2D eigenvalue weighted by Crippen LogP contribution is -2.48. The van der Waals surface area contributed by atoms with E-state index in [-0.39, 0.29) is 5.54 Å². The highest BCUT2D eigenvalue weighted by Crippen LogP contribution is 2.45. The molecule has 0 spiro atoms. The summed E-state index contributed by atoms with van der Waals surface area (Å²) in [6, 6.07) is 20.3. The van der Waals surface area contributed by atoms with Gasteiger partial charge in [0.1, 0.15) is 17.2 Å². The summed E-state index contributed by atoms with van der Waals surface area (Å²) >= 11 is 0. The lowest BCUT2D eigenvalue weighted by Gasteiger charge is -2.47. The Morgan fingerprint density at radius 3 is 2.47 bits per heavy atom. The molecule has 0 radical (unpaired) electrons. The average molecular weight is 457 g/mol. The lowest BCUT2D eigenvalue weighted by atomic mass is 9.79. The molecule has 1 unspecified atom stereocenters. The van der Waals surface area contributed by atoms with E-state index in [0.717, 1.165) is 53.4 Å². The molecule has 4 nitrogen and oxygen atoms in total. The van der Waals surface area contributed by atoms with Crippen LogP contribution >= 0.6 is 0 Å². The van der Waals surface area contributed by atoms with Gasteiger partial charge in [0, 0.05) is 35.6 Å². The maximum Gasteiger partial charge on any atom is 0.130 e. The number of benzene rings is 3. The number of para-hydroxylation sites is 1. The van der Waals surface area contributed by atoms with Crippen molar-refractivity contribution in [3.63, 3.8) is 0 Å². The van der Waals surface area contributed by atoms with Crippen molar-refractivity contribution in [3.05, 3.63) is 77.4 Å². The number of ether oxygens (including phenoxy) is 2. The summed E-state index contributed by atoms with van der Waals surface area (Å²) in [6.45, 7) is 12.3. The van der Waals surface area contributed by atoms with Crippen molar-refractivity contribution < 1.29 is 9.47 Å². The predicted molar refractivity (Wildman–Crippen MR) is 143 cm³/mol. The highest BCUT2D eigenvalue weighted by molar-refractivity contribution is 5.88. The molecule has 0 bridgehead atoms. The Kier molecular flexibility index (Phi) is 6.97. The number of aliphatic imine (C=N–C) groups is 1. The molecule has 0 saturated heterocycles. The summed E-state index contributed by atoms with van der Waals surface area (Å²) in [4.78, 5) is 7.28. The normalized spacial score (nSPS) is 17.0. The molecule has 1 aliphatic rings. The molecular weight excluding hydrogens is 420 g/mol. The minimum Gasteiger partial charge on any atom is -0.496 e. The lowest BCUT2D eigenvalue weighted by molar-refractivity contribution is 0.372. The number of fused-ring (bicyclic) bond motifs is 1. The van der Waals surface area contributed by atoms with E-state index in [4.69, 9.17) is 14.5 Å². The fourth-order valence-electron chi connectivity index (χ4n) is 4.99. The topological polar surface area (TPSA) is 34.1 Å². The molecule has 0 aromatic heterocycles. The van der Waals surface area contributed by atoms with E-state index in [1.807, 2.05) is 61.7 Å². The van der Waals surface area contributed by atoms with Gasteiger partial charge in [-0.15, -0.1) is 0 Å². The highest BCUT2D eigenvalue weighted by Gasteiger charge is 2.36. The van der Waals surface area contributed by atoms with Crippen LogP contribution < -0.4 is 14.4 Å². The zero-order valence-electron chi connectivity index (χ0n) is 21.3. The fourth-order valence-corrected chi connectivity index (χ4v) is 4.99. The van der Waals surface area contributed by atoms with Crippen molar-refractivity contribution in [1.82, 2.24) is 0 Å². The minimum atomic E-state index is 0.130. The van der Waals surface area contributed by atoms with Gasteiger partial charge in [-0.05, 0) is 87.1 Å². The van der Waals surface area contributed by atoms with Gasteiger partial charge in [0.25, 0.3) is 0 Å². The van der Waals surface area contributed by atoms with E-state index in [1.165, 1.54) is 11.3 Å². The molecule has 3 aromatic carbocycles. The van der Waals surface area contributed by atoms with Gasteiger partial charge in [0.2, 0.25) is 0 Å². The van der Waals surface area contributed by atoms with E-state index in [2.05, 4.69) is 44.7 Å². The molecule has 1 atom stereocenters. The smallest absolute Gasteiger partial charge is 0.130 e. The summed E-state index contributed by atoms with van der Waals surface area (Å²) < 4.78 is 11.8. The van der Waals surface area contributed by atoms with Gasteiger partial charge in [0.05, 0.1) is 12.8 Å². The predicted octanol–water partition coefficient (Wildman–Crippen LogP) is 8.05. The van der Waals surface area contributed by atoms with Crippen LogP contribution in [0.1, 0.15) is 63.1 Å². The largest absolute Gasteiger partial charge is 0.496 e. The number of hydrogen-bond acceptors (Lipinski definition) is 4. The first kappa shape index (κ1) is 23.9. The standard InChI is InChI=1S/C30H36N2O2/c1-7-16-32-27-18-29(33-6)23(17-26(27)22(3)19-30(32,4)5)20-31-24-12-14-25(15-13-24)34-28-11-9-8-10-21(28)2/h8-15,17-18,20,22H,7,16,19H2,1-6H3. The monoisotopic (exact) mass is 456 g/mol. The molecule has 4 rings (SSSR count). The Balaban J connectivity index is 1.59. The molecule has 178 valence electrons. The summed E-state index contributed by atoms with van der Waals surface area (Å²) in [7, 11) is 1.73. The second kappa shape index (κ2) is 9.92. The Morgan fingerprint density at radius 1 is 1.06 bits per heavy atom. The van der Waals surface area contributed by atoms with Crippen LogP contribution in [0, 0.1) is 6.92 Å². The van der Waals surface area contributed by atoms with Crippen LogP contribution in [0.3, 0.4) is 0 Å².